The first-order chi connectivity index (χ1) is 12.8. The van der Waals surface area contributed by atoms with Gasteiger partial charge in [-0.05, 0) is 24.3 Å². The number of sulfonamides is 1. The van der Waals surface area contributed by atoms with Crippen molar-refractivity contribution in [3.05, 3.63) is 47.5 Å². The molecule has 3 N–H and O–H groups in total. The summed E-state index contributed by atoms with van der Waals surface area (Å²) in [5, 5.41) is 11.8. The van der Waals surface area contributed by atoms with E-state index in [2.05, 4.69) is 10.0 Å². The molecular weight excluding hydrogens is 376 g/mol. The van der Waals surface area contributed by atoms with Crippen LogP contribution in [0.15, 0.2) is 41.3 Å². The summed E-state index contributed by atoms with van der Waals surface area (Å²) in [7, 11) is -2.62. The second kappa shape index (κ2) is 7.16. The quantitative estimate of drug-likeness (QED) is 0.699. The second-order valence-corrected chi connectivity index (χ2v) is 7.24. The smallest absolute Gasteiger partial charge is 0.337 e. The van der Waals surface area contributed by atoms with Crippen LogP contribution in [0.4, 0.5) is 5.69 Å². The average molecular weight is 392 g/mol. The lowest BCUT2D eigenvalue weighted by molar-refractivity contribution is 0.0696. The Balaban J connectivity index is 1.95. The molecule has 0 bridgehead atoms. The molecule has 10 heteroatoms. The van der Waals surface area contributed by atoms with Gasteiger partial charge in [0.2, 0.25) is 0 Å². The number of hydrogen-bond acceptors (Lipinski definition) is 6. The fourth-order valence-corrected chi connectivity index (χ4v) is 3.55. The van der Waals surface area contributed by atoms with Gasteiger partial charge in [-0.2, -0.15) is 0 Å². The molecule has 142 valence electrons. The Kier molecular flexibility index (Phi) is 4.91. The fourth-order valence-electron chi connectivity index (χ4n) is 2.48. The molecule has 27 heavy (non-hydrogen) atoms. The van der Waals surface area contributed by atoms with Crippen LogP contribution in [-0.2, 0) is 10.0 Å². The van der Waals surface area contributed by atoms with E-state index in [0.29, 0.717) is 5.56 Å². The van der Waals surface area contributed by atoms with E-state index in [9.17, 15) is 23.1 Å². The van der Waals surface area contributed by atoms with Crippen LogP contribution in [0.1, 0.15) is 20.7 Å². The maximum Gasteiger partial charge on any atom is 0.337 e. The van der Waals surface area contributed by atoms with E-state index >= 15 is 0 Å². The number of fused-ring (bicyclic) bond motifs is 1. The van der Waals surface area contributed by atoms with Gasteiger partial charge in [0.15, 0.2) is 11.5 Å². The van der Waals surface area contributed by atoms with Crippen LogP contribution in [-0.4, -0.2) is 45.7 Å². The molecule has 0 unspecified atom stereocenters. The number of carboxylic acid groups (broad SMARTS) is 1. The van der Waals surface area contributed by atoms with Crippen LogP contribution in [0.5, 0.6) is 11.5 Å². The van der Waals surface area contributed by atoms with Crippen molar-refractivity contribution in [2.45, 2.75) is 4.90 Å². The zero-order valence-corrected chi connectivity index (χ0v) is 15.0. The molecule has 9 nitrogen and oxygen atoms in total. The van der Waals surface area contributed by atoms with Crippen LogP contribution in [0.25, 0.3) is 0 Å². The molecular formula is C17H16N2O7S. The van der Waals surface area contributed by atoms with Crippen molar-refractivity contribution < 1.29 is 32.6 Å². The number of carboxylic acids is 1. The van der Waals surface area contributed by atoms with Crippen molar-refractivity contribution in [3.63, 3.8) is 0 Å². The number of aromatic carboxylic acids is 1. The highest BCUT2D eigenvalue weighted by Crippen LogP contribution is 2.36. The second-order valence-electron chi connectivity index (χ2n) is 5.56. The third-order valence-corrected chi connectivity index (χ3v) is 5.19. The molecule has 1 heterocycles. The van der Waals surface area contributed by atoms with Gasteiger partial charge < -0.3 is 19.9 Å². The summed E-state index contributed by atoms with van der Waals surface area (Å²) in [4.78, 5) is 22.9. The van der Waals surface area contributed by atoms with Gasteiger partial charge in [-0.15, -0.1) is 0 Å². The number of ether oxygens (including phenoxy) is 2. The molecule has 0 saturated carbocycles. The molecule has 0 fully saturated rings. The Morgan fingerprint density at radius 3 is 2.19 bits per heavy atom. The van der Waals surface area contributed by atoms with E-state index < -0.39 is 16.0 Å². The molecule has 0 spiro atoms. The van der Waals surface area contributed by atoms with E-state index in [4.69, 9.17) is 9.47 Å². The van der Waals surface area contributed by atoms with Crippen molar-refractivity contribution >= 4 is 27.6 Å². The molecule has 3 rings (SSSR count). The molecule has 2 aromatic carbocycles. The molecule has 1 aliphatic rings. The first-order valence-electron chi connectivity index (χ1n) is 7.84. The van der Waals surface area contributed by atoms with Crippen molar-refractivity contribution in [1.29, 1.82) is 0 Å². The highest BCUT2D eigenvalue weighted by Gasteiger charge is 2.23. The normalized spacial score (nSPS) is 12.9. The highest BCUT2D eigenvalue weighted by molar-refractivity contribution is 7.92. The SMILES string of the molecule is CNC(=O)c1ccc(S(=O)(=O)Nc2cc3c(cc2C(=O)O)OCCO3)cc1. The molecule has 0 aromatic heterocycles. The van der Waals surface area contributed by atoms with Crippen LogP contribution >= 0.6 is 0 Å². The van der Waals surface area contributed by atoms with Crippen LogP contribution in [0.2, 0.25) is 0 Å². The molecule has 1 aliphatic heterocycles. The number of nitrogens with one attached hydrogen (secondary N) is 2. The Morgan fingerprint density at radius 1 is 1.04 bits per heavy atom. The van der Waals surface area contributed by atoms with Gasteiger partial charge in [0.1, 0.15) is 13.2 Å². The lowest BCUT2D eigenvalue weighted by Crippen LogP contribution is -2.20. The zero-order chi connectivity index (χ0) is 19.6. The lowest BCUT2D eigenvalue weighted by Gasteiger charge is -2.20. The van der Waals surface area contributed by atoms with Gasteiger partial charge in [0.05, 0.1) is 16.1 Å². The van der Waals surface area contributed by atoms with E-state index in [1.165, 1.54) is 43.4 Å². The van der Waals surface area contributed by atoms with Crippen molar-refractivity contribution in [2.75, 3.05) is 25.0 Å². The summed E-state index contributed by atoms with van der Waals surface area (Å²) < 4.78 is 38.2. The lowest BCUT2D eigenvalue weighted by atomic mass is 10.1. The molecule has 0 atom stereocenters. The summed E-state index contributed by atoms with van der Waals surface area (Å²) in [6.45, 7) is 0.543. The Labute approximate surface area is 155 Å². The molecule has 1 amide bonds. The monoisotopic (exact) mass is 392 g/mol. The van der Waals surface area contributed by atoms with Crippen LogP contribution in [0, 0.1) is 0 Å². The summed E-state index contributed by atoms with van der Waals surface area (Å²) >= 11 is 0. The minimum atomic E-state index is -4.09. The summed E-state index contributed by atoms with van der Waals surface area (Å²) in [5.41, 5.74) is -0.131. The number of carbonyl (C=O) groups is 2. The van der Waals surface area contributed by atoms with E-state index in [0.717, 1.165) is 0 Å². The van der Waals surface area contributed by atoms with Crippen molar-refractivity contribution in [3.8, 4) is 11.5 Å². The van der Waals surface area contributed by atoms with E-state index in [1.807, 2.05) is 0 Å². The third-order valence-electron chi connectivity index (χ3n) is 3.81. The zero-order valence-electron chi connectivity index (χ0n) is 14.2. The first kappa shape index (κ1) is 18.5. The van der Waals surface area contributed by atoms with E-state index in [-0.39, 0.29) is 46.8 Å². The predicted molar refractivity (Wildman–Crippen MR) is 95.0 cm³/mol. The van der Waals surface area contributed by atoms with Crippen LogP contribution < -0.4 is 19.5 Å². The number of amides is 1. The average Bonchev–Trinajstić information content (AvgIpc) is 2.66. The minimum Gasteiger partial charge on any atom is -0.486 e. The number of rotatable bonds is 5. The minimum absolute atomic E-state index is 0.124. The largest absolute Gasteiger partial charge is 0.486 e. The number of hydrogen-bond donors (Lipinski definition) is 3. The van der Waals surface area contributed by atoms with Gasteiger partial charge in [-0.25, -0.2) is 13.2 Å². The molecule has 0 aliphatic carbocycles. The Morgan fingerprint density at radius 2 is 1.63 bits per heavy atom. The maximum absolute atomic E-state index is 12.6. The summed E-state index contributed by atoms with van der Waals surface area (Å²) in [6.07, 6.45) is 0. The summed E-state index contributed by atoms with van der Waals surface area (Å²) in [5.74, 6) is -1.19. The van der Waals surface area contributed by atoms with Gasteiger partial charge in [-0.3, -0.25) is 9.52 Å². The number of benzene rings is 2. The molecule has 0 radical (unpaired) electrons. The van der Waals surface area contributed by atoms with Gasteiger partial charge in [-0.1, -0.05) is 0 Å². The predicted octanol–water partition coefficient (Wildman–Crippen LogP) is 1.32. The number of carbonyl (C=O) groups excluding carboxylic acids is 1. The Bertz CT molecular complexity index is 1000. The first-order valence-corrected chi connectivity index (χ1v) is 9.32. The summed E-state index contributed by atoms with van der Waals surface area (Å²) in [6, 6.07) is 7.71. The van der Waals surface area contributed by atoms with Crippen molar-refractivity contribution in [2.24, 2.45) is 0 Å². The third kappa shape index (κ3) is 3.80. The topological polar surface area (TPSA) is 131 Å². The Hall–Kier alpha value is -3.27. The van der Waals surface area contributed by atoms with Gasteiger partial charge >= 0.3 is 5.97 Å². The van der Waals surface area contributed by atoms with E-state index in [1.54, 1.807) is 0 Å². The standard InChI is InChI=1S/C17H16N2O7S/c1-18-16(20)10-2-4-11(5-3-10)27(23,24)19-13-9-15-14(25-6-7-26-15)8-12(13)17(21)22/h2-5,8-9,19H,6-7H2,1H3,(H,18,20)(H,21,22). The highest BCUT2D eigenvalue weighted by atomic mass is 32.2. The fraction of sp³-hybridized carbons (Fsp3) is 0.176. The van der Waals surface area contributed by atoms with Crippen LogP contribution in [0.3, 0.4) is 0 Å². The van der Waals surface area contributed by atoms with Gasteiger partial charge in [0, 0.05) is 24.7 Å². The number of anilines is 1. The van der Waals surface area contributed by atoms with Gasteiger partial charge in [0.25, 0.3) is 15.9 Å². The maximum atomic E-state index is 12.6. The van der Waals surface area contributed by atoms with Crippen molar-refractivity contribution in [1.82, 2.24) is 5.32 Å². The molecule has 0 saturated heterocycles. The molecule has 2 aromatic rings.